The lowest BCUT2D eigenvalue weighted by Crippen LogP contribution is -2.45. The van der Waals surface area contributed by atoms with E-state index >= 15 is 0 Å². The molecule has 2 saturated heterocycles. The molecule has 2 aliphatic heterocycles. The summed E-state index contributed by atoms with van der Waals surface area (Å²) in [5.74, 6) is 0.474. The van der Waals surface area contributed by atoms with Crippen LogP contribution >= 0.6 is 0 Å². The fourth-order valence-corrected chi connectivity index (χ4v) is 5.81. The van der Waals surface area contributed by atoms with Crippen LogP contribution in [0.15, 0.2) is 48.7 Å². The third-order valence-corrected chi connectivity index (χ3v) is 8.07. The monoisotopic (exact) mass is 524 g/mol. The number of anilines is 1. The fraction of sp³-hybridized carbons (Fsp3) is 0.387. The number of amides is 1. The zero-order chi connectivity index (χ0) is 27.1. The highest BCUT2D eigenvalue weighted by Gasteiger charge is 2.23. The number of piperazine rings is 1. The zero-order valence-corrected chi connectivity index (χ0v) is 23.2. The van der Waals surface area contributed by atoms with Crippen LogP contribution in [0.5, 0.6) is 0 Å². The van der Waals surface area contributed by atoms with Crippen molar-refractivity contribution in [1.82, 2.24) is 25.0 Å². The van der Waals surface area contributed by atoms with Gasteiger partial charge in [-0.1, -0.05) is 12.1 Å². The number of ether oxygens (including phenoxy) is 1. The van der Waals surface area contributed by atoms with E-state index in [9.17, 15) is 4.79 Å². The van der Waals surface area contributed by atoms with Crippen LogP contribution in [-0.2, 0) is 4.74 Å². The minimum absolute atomic E-state index is 0.0336. The van der Waals surface area contributed by atoms with E-state index in [0.717, 1.165) is 79.4 Å². The Labute approximate surface area is 229 Å². The molecule has 0 spiro atoms. The summed E-state index contributed by atoms with van der Waals surface area (Å²) in [6, 6.07) is 14.4. The van der Waals surface area contributed by atoms with Crippen molar-refractivity contribution in [3.05, 3.63) is 65.4 Å². The average Bonchev–Trinajstić information content (AvgIpc) is 3.34. The van der Waals surface area contributed by atoms with Gasteiger partial charge < -0.3 is 24.4 Å². The maximum Gasteiger partial charge on any atom is 0.253 e. The van der Waals surface area contributed by atoms with Crippen LogP contribution in [0.3, 0.4) is 0 Å². The molecule has 39 heavy (non-hydrogen) atoms. The van der Waals surface area contributed by atoms with Crippen molar-refractivity contribution in [2.24, 2.45) is 5.92 Å². The smallest absolute Gasteiger partial charge is 0.253 e. The number of carbonyl (C=O) groups excluding carboxylic acids is 1. The second-order valence-corrected chi connectivity index (χ2v) is 11.1. The van der Waals surface area contributed by atoms with Crippen molar-refractivity contribution in [3.8, 4) is 22.4 Å². The van der Waals surface area contributed by atoms with Gasteiger partial charge in [-0.2, -0.15) is 0 Å². The van der Waals surface area contributed by atoms with E-state index < -0.39 is 0 Å². The number of likely N-dealkylation sites (N-methyl/N-ethyl adjacent to an activating group) is 1. The van der Waals surface area contributed by atoms with Crippen LogP contribution in [0.2, 0.25) is 0 Å². The molecule has 4 aromatic rings. The molecular weight excluding hydrogens is 488 g/mol. The Bertz CT molecular complexity index is 1480. The first kappa shape index (κ1) is 25.5. The van der Waals surface area contributed by atoms with Gasteiger partial charge in [-0.3, -0.25) is 4.79 Å². The lowest BCUT2D eigenvalue weighted by atomic mass is 9.99. The summed E-state index contributed by atoms with van der Waals surface area (Å²) in [5.41, 5.74) is 9.31. The number of benzene rings is 2. The van der Waals surface area contributed by atoms with Gasteiger partial charge in [0.05, 0.1) is 18.9 Å². The minimum Gasteiger partial charge on any atom is -0.381 e. The summed E-state index contributed by atoms with van der Waals surface area (Å²) in [4.78, 5) is 22.8. The van der Waals surface area contributed by atoms with Gasteiger partial charge in [0.25, 0.3) is 5.91 Å². The van der Waals surface area contributed by atoms with Gasteiger partial charge in [0, 0.05) is 79.7 Å². The Hall–Kier alpha value is -3.75. The van der Waals surface area contributed by atoms with Gasteiger partial charge in [0.1, 0.15) is 0 Å². The Morgan fingerprint density at radius 1 is 1.00 bits per heavy atom. The quantitative estimate of drug-likeness (QED) is 0.404. The molecule has 0 aliphatic carbocycles. The molecule has 1 amide bonds. The molecule has 2 aromatic heterocycles. The van der Waals surface area contributed by atoms with Crippen molar-refractivity contribution in [2.75, 3.05) is 64.9 Å². The van der Waals surface area contributed by atoms with Gasteiger partial charge in [-0.15, -0.1) is 10.2 Å². The van der Waals surface area contributed by atoms with Crippen molar-refractivity contribution in [1.29, 1.82) is 0 Å². The summed E-state index contributed by atoms with van der Waals surface area (Å²) < 4.78 is 5.24. The number of aromatic amines is 1. The summed E-state index contributed by atoms with van der Waals surface area (Å²) >= 11 is 0. The Kier molecular flexibility index (Phi) is 6.83. The summed E-state index contributed by atoms with van der Waals surface area (Å²) in [6.45, 7) is 10.8. The number of nitrogens with one attached hydrogen (secondary N) is 1. The number of H-pyrrole nitrogens is 1. The molecule has 8 nitrogen and oxygen atoms in total. The molecule has 0 bridgehead atoms. The van der Waals surface area contributed by atoms with Crippen LogP contribution in [0.25, 0.3) is 33.4 Å². The number of aryl methyl sites for hydroxylation is 2. The average molecular weight is 525 g/mol. The molecular formula is C31H36N6O2. The van der Waals surface area contributed by atoms with Crippen LogP contribution in [0.1, 0.15) is 21.5 Å². The molecule has 4 heterocycles. The molecule has 2 aromatic carbocycles. The lowest BCUT2D eigenvalue weighted by Gasteiger charge is -2.36. The largest absolute Gasteiger partial charge is 0.381 e. The Balaban J connectivity index is 1.26. The third kappa shape index (κ3) is 5.02. The first-order chi connectivity index (χ1) is 18.9. The van der Waals surface area contributed by atoms with E-state index in [-0.39, 0.29) is 5.91 Å². The van der Waals surface area contributed by atoms with E-state index in [1.165, 1.54) is 16.8 Å². The van der Waals surface area contributed by atoms with Gasteiger partial charge in [-0.05, 0) is 67.9 Å². The zero-order valence-electron chi connectivity index (χ0n) is 23.2. The second-order valence-electron chi connectivity index (χ2n) is 11.1. The molecule has 0 saturated carbocycles. The number of hydrogen-bond acceptors (Lipinski definition) is 6. The van der Waals surface area contributed by atoms with E-state index in [0.29, 0.717) is 11.5 Å². The Morgan fingerprint density at radius 2 is 1.69 bits per heavy atom. The second kappa shape index (κ2) is 10.4. The molecule has 0 radical (unpaired) electrons. The van der Waals surface area contributed by atoms with E-state index in [4.69, 9.17) is 4.74 Å². The summed E-state index contributed by atoms with van der Waals surface area (Å²) in [6.07, 6.45) is 1.97. The number of hydrogen-bond donors (Lipinski definition) is 1. The normalized spacial score (nSPS) is 16.5. The standard InChI is InChI=1S/C31H36N6O2/c1-20-13-25(14-21(2)29(20)37-11-9-35(3)10-12-37)28-15-26-27(16-32-30(26)34-33-28)23-5-7-24(8-6-23)31(38)36(4)17-22-18-39-19-22/h5-8,13-16,22H,9-12,17-19H2,1-4H3,(H,32,34). The minimum atomic E-state index is 0.0336. The van der Waals surface area contributed by atoms with Crippen LogP contribution in [0, 0.1) is 19.8 Å². The van der Waals surface area contributed by atoms with E-state index in [1.807, 2.05) is 37.5 Å². The SMILES string of the molecule is Cc1cc(-c2cc3c(-c4ccc(C(=O)N(C)CC5COC5)cc4)c[nH]c3nn2)cc(C)c1N1CCN(C)CC1. The summed E-state index contributed by atoms with van der Waals surface area (Å²) in [7, 11) is 4.04. The Morgan fingerprint density at radius 3 is 2.33 bits per heavy atom. The van der Waals surface area contributed by atoms with Crippen molar-refractivity contribution >= 4 is 22.6 Å². The number of nitrogens with zero attached hydrogens (tertiary/aromatic N) is 5. The first-order valence-electron chi connectivity index (χ1n) is 13.7. The van der Waals surface area contributed by atoms with Gasteiger partial charge in [0.15, 0.2) is 5.65 Å². The fourth-order valence-electron chi connectivity index (χ4n) is 5.81. The molecule has 1 N–H and O–H groups in total. The predicted octanol–water partition coefficient (Wildman–Crippen LogP) is 4.38. The first-order valence-corrected chi connectivity index (χ1v) is 13.7. The molecule has 6 rings (SSSR count). The van der Waals surface area contributed by atoms with Gasteiger partial charge >= 0.3 is 0 Å². The third-order valence-electron chi connectivity index (χ3n) is 8.07. The highest BCUT2D eigenvalue weighted by atomic mass is 16.5. The van der Waals surface area contributed by atoms with Crippen molar-refractivity contribution in [2.45, 2.75) is 13.8 Å². The lowest BCUT2D eigenvalue weighted by molar-refractivity contribution is -0.0411. The van der Waals surface area contributed by atoms with Crippen molar-refractivity contribution in [3.63, 3.8) is 0 Å². The number of rotatable bonds is 6. The molecule has 8 heteroatoms. The number of carbonyl (C=O) groups is 1. The molecule has 2 aliphatic rings. The van der Waals surface area contributed by atoms with Crippen LogP contribution in [0.4, 0.5) is 5.69 Å². The molecule has 0 atom stereocenters. The predicted molar refractivity (Wildman–Crippen MR) is 155 cm³/mol. The number of aromatic nitrogens is 3. The summed E-state index contributed by atoms with van der Waals surface area (Å²) in [5, 5.41) is 10.1. The van der Waals surface area contributed by atoms with Crippen LogP contribution in [-0.4, -0.2) is 90.9 Å². The van der Waals surface area contributed by atoms with Crippen molar-refractivity contribution < 1.29 is 9.53 Å². The maximum absolute atomic E-state index is 12.9. The highest BCUT2D eigenvalue weighted by Crippen LogP contribution is 2.34. The topological polar surface area (TPSA) is 77.6 Å². The molecule has 2 fully saturated rings. The van der Waals surface area contributed by atoms with E-state index in [1.54, 1.807) is 4.90 Å². The maximum atomic E-state index is 12.9. The molecule has 0 unspecified atom stereocenters. The van der Waals surface area contributed by atoms with Gasteiger partial charge in [0.2, 0.25) is 0 Å². The van der Waals surface area contributed by atoms with E-state index in [2.05, 4.69) is 64.1 Å². The number of fused-ring (bicyclic) bond motifs is 1. The highest BCUT2D eigenvalue weighted by molar-refractivity contribution is 5.97. The van der Waals surface area contributed by atoms with Gasteiger partial charge in [-0.25, -0.2) is 0 Å². The molecule has 202 valence electrons. The van der Waals surface area contributed by atoms with Crippen LogP contribution < -0.4 is 4.90 Å².